The van der Waals surface area contributed by atoms with Crippen LogP contribution in [0.15, 0.2) is 80.4 Å². The fourth-order valence-corrected chi connectivity index (χ4v) is 3.75. The molecule has 0 bridgehead atoms. The van der Waals surface area contributed by atoms with Crippen molar-refractivity contribution >= 4 is 27.7 Å². The highest BCUT2D eigenvalue weighted by atomic mass is 19.1. The molecule has 1 N–H and O–H groups in total. The first kappa shape index (κ1) is 20.5. The summed E-state index contributed by atoms with van der Waals surface area (Å²) in [7, 11) is 0. The van der Waals surface area contributed by atoms with Gasteiger partial charge in [0.15, 0.2) is 17.8 Å². The van der Waals surface area contributed by atoms with Crippen molar-refractivity contribution in [1.29, 1.82) is 0 Å². The molecule has 0 saturated carbocycles. The minimum absolute atomic E-state index is 0.0171. The van der Waals surface area contributed by atoms with E-state index in [0.29, 0.717) is 27.9 Å². The van der Waals surface area contributed by atoms with Gasteiger partial charge in [-0.2, -0.15) is 0 Å². The molecule has 3 aromatic carbocycles. The van der Waals surface area contributed by atoms with Crippen molar-refractivity contribution in [3.05, 3.63) is 94.1 Å². The minimum Gasteiger partial charge on any atom is -0.507 e. The second kappa shape index (κ2) is 7.94. The van der Waals surface area contributed by atoms with Crippen molar-refractivity contribution in [2.75, 3.05) is 6.61 Å². The lowest BCUT2D eigenvalue weighted by Crippen LogP contribution is -2.12. The van der Waals surface area contributed by atoms with Crippen molar-refractivity contribution in [3.8, 4) is 22.8 Å². The van der Waals surface area contributed by atoms with Crippen LogP contribution >= 0.6 is 0 Å². The Balaban J connectivity index is 1.45. The molecule has 0 unspecified atom stereocenters. The van der Waals surface area contributed by atoms with Gasteiger partial charge < -0.3 is 18.7 Å². The summed E-state index contributed by atoms with van der Waals surface area (Å²) in [6, 6.07) is 17.1. The van der Waals surface area contributed by atoms with E-state index in [1.165, 1.54) is 36.4 Å². The zero-order valence-corrected chi connectivity index (χ0v) is 17.4. The van der Waals surface area contributed by atoms with E-state index in [4.69, 9.17) is 13.6 Å². The van der Waals surface area contributed by atoms with Crippen LogP contribution < -0.4 is 10.2 Å². The van der Waals surface area contributed by atoms with E-state index in [9.17, 15) is 19.1 Å². The number of phenols is 1. The summed E-state index contributed by atoms with van der Waals surface area (Å²) >= 11 is 0. The third-order valence-corrected chi connectivity index (χ3v) is 5.36. The number of rotatable bonds is 5. The van der Waals surface area contributed by atoms with Crippen LogP contribution in [0, 0.1) is 12.7 Å². The summed E-state index contributed by atoms with van der Waals surface area (Å²) in [6.45, 7) is 1.27. The number of benzene rings is 3. The molecular formula is C26H17FO6. The molecule has 7 heteroatoms. The molecule has 0 spiro atoms. The van der Waals surface area contributed by atoms with Gasteiger partial charge in [0.1, 0.15) is 39.6 Å². The van der Waals surface area contributed by atoms with Crippen LogP contribution in [0.3, 0.4) is 0 Å². The van der Waals surface area contributed by atoms with E-state index in [2.05, 4.69) is 0 Å². The maximum Gasteiger partial charge on any atom is 0.235 e. The molecule has 2 heterocycles. The van der Waals surface area contributed by atoms with Crippen LogP contribution in [0.1, 0.15) is 16.1 Å². The van der Waals surface area contributed by atoms with Gasteiger partial charge in [-0.25, -0.2) is 4.39 Å². The summed E-state index contributed by atoms with van der Waals surface area (Å²) < 4.78 is 30.5. The summed E-state index contributed by atoms with van der Waals surface area (Å²) in [5.74, 6) is -0.655. The van der Waals surface area contributed by atoms with Crippen LogP contribution in [-0.2, 0) is 0 Å². The molecule has 0 radical (unpaired) electrons. The van der Waals surface area contributed by atoms with Gasteiger partial charge in [-0.15, -0.1) is 0 Å². The first-order chi connectivity index (χ1) is 15.9. The van der Waals surface area contributed by atoms with Gasteiger partial charge in [0.2, 0.25) is 5.78 Å². The monoisotopic (exact) mass is 444 g/mol. The third-order valence-electron chi connectivity index (χ3n) is 5.36. The van der Waals surface area contributed by atoms with Crippen molar-refractivity contribution in [2.45, 2.75) is 6.92 Å². The number of furan rings is 1. The fraction of sp³-hybridized carbons (Fsp3) is 0.0769. The Morgan fingerprint density at radius 1 is 1.00 bits per heavy atom. The van der Waals surface area contributed by atoms with Gasteiger partial charge in [-0.3, -0.25) is 9.59 Å². The van der Waals surface area contributed by atoms with Crippen molar-refractivity contribution in [3.63, 3.8) is 0 Å². The summed E-state index contributed by atoms with van der Waals surface area (Å²) in [5.41, 5.74) is 1.34. The SMILES string of the molecule is Cc1c(C(=O)COc2cc(O)c3c(=O)cc(-c4ccccc4)oc3c2)oc2ccc(F)cc12. The average molecular weight is 444 g/mol. The quantitative estimate of drug-likeness (QED) is 0.354. The molecule has 2 aromatic heterocycles. The Labute approximate surface area is 186 Å². The normalized spacial score (nSPS) is 11.2. The summed E-state index contributed by atoms with van der Waals surface area (Å²) in [5, 5.41) is 10.9. The first-order valence-electron chi connectivity index (χ1n) is 10.1. The number of hydrogen-bond acceptors (Lipinski definition) is 6. The number of ketones is 1. The number of carbonyl (C=O) groups excluding carboxylic acids is 1. The van der Waals surface area contributed by atoms with E-state index >= 15 is 0 Å². The van der Waals surface area contributed by atoms with Gasteiger partial charge in [0, 0.05) is 34.7 Å². The second-order valence-electron chi connectivity index (χ2n) is 7.56. The lowest BCUT2D eigenvalue weighted by Gasteiger charge is -2.09. The smallest absolute Gasteiger partial charge is 0.235 e. The van der Waals surface area contributed by atoms with E-state index in [-0.39, 0.29) is 28.2 Å². The number of hydrogen-bond donors (Lipinski definition) is 1. The molecule has 33 heavy (non-hydrogen) atoms. The van der Waals surface area contributed by atoms with E-state index in [0.717, 1.165) is 0 Å². The standard InChI is InChI=1S/C26H17FO6/c1-14-18-9-16(27)7-8-22(18)33-26(14)21(30)13-31-17-10-19(28)25-20(29)12-23(32-24(25)11-17)15-5-3-2-4-6-15/h2-12,28H,13H2,1H3. The van der Waals surface area contributed by atoms with Gasteiger partial charge in [0.05, 0.1) is 0 Å². The van der Waals surface area contributed by atoms with E-state index in [1.54, 1.807) is 19.1 Å². The Morgan fingerprint density at radius 2 is 1.79 bits per heavy atom. The number of ether oxygens (including phenoxy) is 1. The van der Waals surface area contributed by atoms with Crippen LogP contribution in [0.5, 0.6) is 11.5 Å². The van der Waals surface area contributed by atoms with E-state index < -0.39 is 23.6 Å². The molecule has 0 aliphatic carbocycles. The zero-order chi connectivity index (χ0) is 23.1. The highest BCUT2D eigenvalue weighted by molar-refractivity contribution is 6.01. The molecule has 164 valence electrons. The van der Waals surface area contributed by atoms with Crippen LogP contribution in [0.2, 0.25) is 0 Å². The number of phenolic OH excluding ortho intramolecular Hbond substituents is 1. The molecule has 6 nitrogen and oxygen atoms in total. The molecule has 5 rings (SSSR count). The minimum atomic E-state index is -0.455. The molecule has 0 aliphatic heterocycles. The van der Waals surface area contributed by atoms with Crippen molar-refractivity contribution in [1.82, 2.24) is 0 Å². The van der Waals surface area contributed by atoms with Gasteiger partial charge >= 0.3 is 0 Å². The molecular weight excluding hydrogens is 427 g/mol. The lowest BCUT2D eigenvalue weighted by atomic mass is 10.1. The Kier molecular flexibility index (Phi) is 4.94. The van der Waals surface area contributed by atoms with Gasteiger partial charge in [-0.1, -0.05) is 30.3 Å². The molecule has 5 aromatic rings. The Morgan fingerprint density at radius 3 is 2.58 bits per heavy atom. The molecule has 0 atom stereocenters. The highest BCUT2D eigenvalue weighted by Crippen LogP contribution is 2.31. The summed E-state index contributed by atoms with van der Waals surface area (Å²) in [6.07, 6.45) is 0. The first-order valence-corrected chi connectivity index (χ1v) is 10.1. The average Bonchev–Trinajstić information content (AvgIpc) is 3.13. The van der Waals surface area contributed by atoms with Gasteiger partial charge in [0.25, 0.3) is 0 Å². The number of aryl methyl sites for hydroxylation is 1. The zero-order valence-electron chi connectivity index (χ0n) is 17.4. The Hall–Kier alpha value is -4.39. The maximum absolute atomic E-state index is 13.5. The van der Waals surface area contributed by atoms with Crippen LogP contribution in [0.25, 0.3) is 33.3 Å². The predicted molar refractivity (Wildman–Crippen MR) is 120 cm³/mol. The fourth-order valence-electron chi connectivity index (χ4n) is 3.75. The largest absolute Gasteiger partial charge is 0.507 e. The molecule has 0 amide bonds. The number of carbonyl (C=O) groups is 1. The van der Waals surface area contributed by atoms with Crippen LogP contribution in [0.4, 0.5) is 4.39 Å². The van der Waals surface area contributed by atoms with Crippen molar-refractivity contribution in [2.24, 2.45) is 0 Å². The molecule has 0 aliphatic rings. The third kappa shape index (κ3) is 3.74. The number of aromatic hydroxyl groups is 1. The van der Waals surface area contributed by atoms with E-state index in [1.807, 2.05) is 18.2 Å². The van der Waals surface area contributed by atoms with Crippen LogP contribution in [-0.4, -0.2) is 17.5 Å². The topological polar surface area (TPSA) is 89.9 Å². The number of Topliss-reactive ketones (excluding diaryl/α,β-unsaturated/α-hetero) is 1. The summed E-state index contributed by atoms with van der Waals surface area (Å²) in [4.78, 5) is 25.2. The highest BCUT2D eigenvalue weighted by Gasteiger charge is 2.19. The Bertz CT molecular complexity index is 1580. The maximum atomic E-state index is 13.5. The number of halogens is 1. The molecule has 0 saturated heterocycles. The molecule has 0 fully saturated rings. The lowest BCUT2D eigenvalue weighted by molar-refractivity contribution is 0.0895. The second-order valence-corrected chi connectivity index (χ2v) is 7.56. The predicted octanol–water partition coefficient (Wildman–Crippen LogP) is 5.62. The van der Waals surface area contributed by atoms with Crippen molar-refractivity contribution < 1.29 is 27.9 Å². The van der Waals surface area contributed by atoms with Gasteiger partial charge in [-0.05, 0) is 25.1 Å². The number of fused-ring (bicyclic) bond motifs is 2.